The molecule has 0 aromatic carbocycles. The first kappa shape index (κ1) is 16.1. The van der Waals surface area contributed by atoms with E-state index in [1.165, 1.54) is 4.88 Å². The molecule has 3 heterocycles. The van der Waals surface area contributed by atoms with Gasteiger partial charge in [0, 0.05) is 37.1 Å². The van der Waals surface area contributed by atoms with Gasteiger partial charge in [0.15, 0.2) is 0 Å². The molecule has 1 amide bonds. The van der Waals surface area contributed by atoms with E-state index in [9.17, 15) is 4.79 Å². The van der Waals surface area contributed by atoms with Crippen molar-refractivity contribution >= 4 is 17.2 Å². The second-order valence-electron chi connectivity index (χ2n) is 6.30. The van der Waals surface area contributed by atoms with Crippen LogP contribution in [0.5, 0.6) is 0 Å². The summed E-state index contributed by atoms with van der Waals surface area (Å²) in [6.07, 6.45) is 1.03. The quantitative estimate of drug-likeness (QED) is 0.840. The zero-order valence-electron chi connectivity index (χ0n) is 13.8. The minimum Gasteiger partial charge on any atom is -0.351 e. The fourth-order valence-corrected chi connectivity index (χ4v) is 3.87. The van der Waals surface area contributed by atoms with E-state index in [0.29, 0.717) is 11.7 Å². The Kier molecular flexibility index (Phi) is 4.77. The lowest BCUT2D eigenvalue weighted by Crippen LogP contribution is -2.31. The van der Waals surface area contributed by atoms with Crippen molar-refractivity contribution in [3.05, 3.63) is 33.6 Å². The fourth-order valence-electron chi connectivity index (χ4n) is 3.01. The molecule has 1 saturated heterocycles. The van der Waals surface area contributed by atoms with E-state index in [2.05, 4.69) is 29.0 Å². The third-order valence-electron chi connectivity index (χ3n) is 4.24. The first-order valence-electron chi connectivity index (χ1n) is 7.83. The first-order valence-corrected chi connectivity index (χ1v) is 8.71. The zero-order valence-corrected chi connectivity index (χ0v) is 14.6. The van der Waals surface area contributed by atoms with Gasteiger partial charge in [-0.05, 0) is 33.2 Å². The van der Waals surface area contributed by atoms with Crippen molar-refractivity contribution in [1.29, 1.82) is 0 Å². The van der Waals surface area contributed by atoms with Gasteiger partial charge >= 0.3 is 0 Å². The number of amides is 1. The summed E-state index contributed by atoms with van der Waals surface area (Å²) >= 11 is 1.70. The highest BCUT2D eigenvalue weighted by Gasteiger charge is 2.29. The molecule has 1 atom stereocenters. The molecule has 2 aromatic rings. The molecule has 0 spiro atoms. The minimum absolute atomic E-state index is 0.0472. The van der Waals surface area contributed by atoms with Crippen LogP contribution in [0.15, 0.2) is 16.1 Å². The number of likely N-dealkylation sites (tertiary alicyclic amines) is 1. The number of hydrogen-bond acceptors (Lipinski definition) is 6. The molecule has 1 aliphatic heterocycles. The highest BCUT2D eigenvalue weighted by molar-refractivity contribution is 7.09. The average Bonchev–Trinajstić information content (AvgIpc) is 3.22. The molecule has 0 radical (unpaired) electrons. The van der Waals surface area contributed by atoms with E-state index in [1.807, 2.05) is 17.3 Å². The Balaban J connectivity index is 1.51. The molecular weight excluding hydrogens is 312 g/mol. The summed E-state index contributed by atoms with van der Waals surface area (Å²) in [7, 11) is 2.13. The van der Waals surface area contributed by atoms with Gasteiger partial charge in [0.05, 0.1) is 16.9 Å². The van der Waals surface area contributed by atoms with E-state index in [-0.39, 0.29) is 5.91 Å². The number of carbonyl (C=O) groups excluding carboxylic acids is 1. The van der Waals surface area contributed by atoms with Crippen molar-refractivity contribution in [1.82, 2.24) is 19.9 Å². The van der Waals surface area contributed by atoms with Crippen LogP contribution in [-0.4, -0.2) is 52.5 Å². The van der Waals surface area contributed by atoms with Crippen molar-refractivity contribution in [3.63, 3.8) is 0 Å². The predicted octanol–water partition coefficient (Wildman–Crippen LogP) is 2.34. The summed E-state index contributed by atoms with van der Waals surface area (Å²) in [5.74, 6) is 0.798. The number of nitrogens with zero attached hydrogens (tertiary/aromatic N) is 4. The number of thiazole rings is 1. The number of aryl methyl sites for hydroxylation is 2. The molecule has 124 valence electrons. The van der Waals surface area contributed by atoms with Crippen molar-refractivity contribution < 1.29 is 9.32 Å². The molecule has 0 N–H and O–H groups in total. The van der Waals surface area contributed by atoms with Gasteiger partial charge in [0.2, 0.25) is 5.76 Å². The monoisotopic (exact) mass is 334 g/mol. The summed E-state index contributed by atoms with van der Waals surface area (Å²) in [5, 5.41) is 3.79. The molecule has 0 bridgehead atoms. The second-order valence-corrected chi connectivity index (χ2v) is 7.24. The van der Waals surface area contributed by atoms with Crippen molar-refractivity contribution in [2.45, 2.75) is 26.8 Å². The van der Waals surface area contributed by atoms with E-state index in [1.54, 1.807) is 17.4 Å². The van der Waals surface area contributed by atoms with Crippen LogP contribution in [0, 0.1) is 19.8 Å². The molecule has 7 heteroatoms. The lowest BCUT2D eigenvalue weighted by Gasteiger charge is -2.21. The molecule has 1 unspecified atom stereocenters. The summed E-state index contributed by atoms with van der Waals surface area (Å²) < 4.78 is 5.08. The van der Waals surface area contributed by atoms with Crippen LogP contribution >= 0.6 is 11.3 Å². The van der Waals surface area contributed by atoms with Crippen molar-refractivity contribution in [2.75, 3.05) is 26.7 Å². The van der Waals surface area contributed by atoms with Gasteiger partial charge in [0.25, 0.3) is 5.91 Å². The Morgan fingerprint density at radius 2 is 2.35 bits per heavy atom. The number of rotatable bonds is 5. The lowest BCUT2D eigenvalue weighted by atomic mass is 10.1. The first-order chi connectivity index (χ1) is 11.0. The summed E-state index contributed by atoms with van der Waals surface area (Å²) in [6, 6.07) is 1.70. The van der Waals surface area contributed by atoms with Gasteiger partial charge in [-0.2, -0.15) is 0 Å². The normalized spacial score (nSPS) is 18.1. The molecule has 0 aliphatic carbocycles. The molecule has 23 heavy (non-hydrogen) atoms. The summed E-state index contributed by atoms with van der Waals surface area (Å²) in [4.78, 5) is 22.2. The lowest BCUT2D eigenvalue weighted by molar-refractivity contribution is 0.0742. The van der Waals surface area contributed by atoms with Crippen LogP contribution in [0.25, 0.3) is 0 Å². The SMILES string of the molecule is Cc1cc(C(=O)N2CCC(CN(C)Cc3scnc3C)C2)on1. The largest absolute Gasteiger partial charge is 0.351 e. The number of aromatic nitrogens is 2. The van der Waals surface area contributed by atoms with E-state index in [4.69, 9.17) is 4.52 Å². The van der Waals surface area contributed by atoms with Crippen molar-refractivity contribution in [2.24, 2.45) is 5.92 Å². The third kappa shape index (κ3) is 3.79. The number of carbonyl (C=O) groups is 1. The minimum atomic E-state index is -0.0472. The maximum atomic E-state index is 12.4. The Morgan fingerprint density at radius 3 is 3.00 bits per heavy atom. The second kappa shape index (κ2) is 6.80. The number of hydrogen-bond donors (Lipinski definition) is 0. The smallest absolute Gasteiger partial charge is 0.292 e. The topological polar surface area (TPSA) is 62.5 Å². The van der Waals surface area contributed by atoms with Crippen LogP contribution < -0.4 is 0 Å². The molecular formula is C16H22N4O2S. The van der Waals surface area contributed by atoms with Gasteiger partial charge in [-0.3, -0.25) is 4.79 Å². The molecule has 0 saturated carbocycles. The van der Waals surface area contributed by atoms with Gasteiger partial charge < -0.3 is 14.3 Å². The maximum absolute atomic E-state index is 12.4. The Bertz CT molecular complexity index is 681. The molecule has 2 aromatic heterocycles. The highest BCUT2D eigenvalue weighted by Crippen LogP contribution is 2.21. The van der Waals surface area contributed by atoms with Gasteiger partial charge in [-0.15, -0.1) is 11.3 Å². The van der Waals surface area contributed by atoms with Crippen LogP contribution in [0.1, 0.15) is 33.2 Å². The van der Waals surface area contributed by atoms with Crippen LogP contribution in [0.4, 0.5) is 0 Å². The van der Waals surface area contributed by atoms with E-state index < -0.39 is 0 Å². The van der Waals surface area contributed by atoms with Crippen LogP contribution in [-0.2, 0) is 6.54 Å². The van der Waals surface area contributed by atoms with Gasteiger partial charge in [-0.1, -0.05) is 5.16 Å². The maximum Gasteiger partial charge on any atom is 0.292 e. The van der Waals surface area contributed by atoms with Crippen molar-refractivity contribution in [3.8, 4) is 0 Å². The summed E-state index contributed by atoms with van der Waals surface area (Å²) in [5.41, 5.74) is 3.75. The van der Waals surface area contributed by atoms with E-state index >= 15 is 0 Å². The molecule has 1 aliphatic rings. The Hall–Kier alpha value is -1.73. The Morgan fingerprint density at radius 1 is 1.52 bits per heavy atom. The standard InChI is InChI=1S/C16H22N4O2S/c1-11-6-14(22-18-11)16(21)20-5-4-13(8-20)7-19(3)9-15-12(2)17-10-23-15/h6,10,13H,4-5,7-9H2,1-3H3. The summed E-state index contributed by atoms with van der Waals surface area (Å²) in [6.45, 7) is 7.35. The van der Waals surface area contributed by atoms with Gasteiger partial charge in [0.1, 0.15) is 0 Å². The van der Waals surface area contributed by atoms with Crippen LogP contribution in [0.2, 0.25) is 0 Å². The fraction of sp³-hybridized carbons (Fsp3) is 0.562. The predicted molar refractivity (Wildman–Crippen MR) is 88.4 cm³/mol. The Labute approximate surface area is 140 Å². The average molecular weight is 334 g/mol. The third-order valence-corrected chi connectivity index (χ3v) is 5.16. The van der Waals surface area contributed by atoms with Gasteiger partial charge in [-0.25, -0.2) is 4.98 Å². The molecule has 1 fully saturated rings. The molecule has 6 nitrogen and oxygen atoms in total. The molecule has 3 rings (SSSR count). The zero-order chi connectivity index (χ0) is 16.4. The van der Waals surface area contributed by atoms with Crippen LogP contribution in [0.3, 0.4) is 0 Å². The highest BCUT2D eigenvalue weighted by atomic mass is 32.1. The van der Waals surface area contributed by atoms with E-state index in [0.717, 1.165) is 44.0 Å².